The lowest BCUT2D eigenvalue weighted by atomic mass is 9.98. The van der Waals surface area contributed by atoms with Crippen molar-refractivity contribution in [3.63, 3.8) is 0 Å². The quantitative estimate of drug-likeness (QED) is 0.703. The van der Waals surface area contributed by atoms with Crippen molar-refractivity contribution in [3.05, 3.63) is 47.6 Å². The fourth-order valence-electron chi connectivity index (χ4n) is 4.24. The van der Waals surface area contributed by atoms with Crippen LogP contribution in [-0.2, 0) is 24.2 Å². The molecule has 0 bridgehead atoms. The van der Waals surface area contributed by atoms with Crippen LogP contribution < -0.4 is 5.32 Å². The van der Waals surface area contributed by atoms with Crippen molar-refractivity contribution < 1.29 is 14.4 Å². The summed E-state index contributed by atoms with van der Waals surface area (Å²) in [6.07, 6.45) is 9.25. The number of aliphatic hydroxyl groups excluding tert-OH is 1. The number of aromatic nitrogens is 2. The van der Waals surface area contributed by atoms with Crippen molar-refractivity contribution >= 4 is 0 Å². The summed E-state index contributed by atoms with van der Waals surface area (Å²) in [6.45, 7) is 4.47. The topological polar surface area (TPSA) is 83.7 Å². The molecule has 4 heterocycles. The number of likely N-dealkylation sites (tertiary alicyclic amines) is 1. The molecular weight excluding hydrogens is 368 g/mol. The number of hydrogen-bond acceptors (Lipinski definition) is 7. The first-order valence-corrected chi connectivity index (χ1v) is 10.9. The van der Waals surface area contributed by atoms with Gasteiger partial charge in [-0.25, -0.2) is 0 Å². The standard InChI is InChI=1S/C22H32N4O3/c27-21-7-6-19(28-22(21)15-24-14-17-5-4-8-23-13-17)11-18-12-20(29-25-18)16-26-9-2-1-3-10-26/h4-5,8,12-13,19,21-22,24,27H,1-3,6-7,9-11,14-16H2/t19-,21-,22+/m0/s1. The van der Waals surface area contributed by atoms with E-state index in [0.29, 0.717) is 13.1 Å². The molecule has 0 spiro atoms. The van der Waals surface area contributed by atoms with E-state index in [1.165, 1.54) is 19.3 Å². The van der Waals surface area contributed by atoms with Crippen LogP contribution in [0, 0.1) is 0 Å². The first kappa shape index (κ1) is 20.5. The lowest BCUT2D eigenvalue weighted by molar-refractivity contribution is -0.115. The Morgan fingerprint density at radius 3 is 2.93 bits per heavy atom. The molecule has 2 aliphatic rings. The zero-order valence-corrected chi connectivity index (χ0v) is 17.0. The molecule has 3 atom stereocenters. The molecule has 7 nitrogen and oxygen atoms in total. The van der Waals surface area contributed by atoms with E-state index in [0.717, 1.165) is 55.9 Å². The highest BCUT2D eigenvalue weighted by molar-refractivity contribution is 5.08. The zero-order valence-electron chi connectivity index (χ0n) is 17.0. The van der Waals surface area contributed by atoms with Crippen LogP contribution in [0.3, 0.4) is 0 Å². The van der Waals surface area contributed by atoms with E-state index < -0.39 is 6.10 Å². The highest BCUT2D eigenvalue weighted by atomic mass is 16.5. The fourth-order valence-corrected chi connectivity index (χ4v) is 4.24. The lowest BCUT2D eigenvalue weighted by Gasteiger charge is -2.34. The molecule has 0 unspecified atom stereocenters. The van der Waals surface area contributed by atoms with Crippen molar-refractivity contribution in [2.24, 2.45) is 0 Å². The van der Waals surface area contributed by atoms with Crippen molar-refractivity contribution in [3.8, 4) is 0 Å². The van der Waals surface area contributed by atoms with Gasteiger partial charge in [-0.3, -0.25) is 9.88 Å². The van der Waals surface area contributed by atoms with Crippen LogP contribution in [0.25, 0.3) is 0 Å². The van der Waals surface area contributed by atoms with Crippen LogP contribution in [0.4, 0.5) is 0 Å². The third-order valence-corrected chi connectivity index (χ3v) is 5.85. The summed E-state index contributed by atoms with van der Waals surface area (Å²) in [4.78, 5) is 6.56. The van der Waals surface area contributed by atoms with Crippen molar-refractivity contribution in [1.29, 1.82) is 0 Å². The molecule has 2 aromatic rings. The Labute approximate surface area is 172 Å². The Kier molecular flexibility index (Phi) is 7.27. The molecule has 2 saturated heterocycles. The molecule has 0 radical (unpaired) electrons. The highest BCUT2D eigenvalue weighted by Crippen LogP contribution is 2.23. The van der Waals surface area contributed by atoms with Gasteiger partial charge in [0.05, 0.1) is 30.6 Å². The van der Waals surface area contributed by atoms with Gasteiger partial charge in [0.25, 0.3) is 0 Å². The van der Waals surface area contributed by atoms with Gasteiger partial charge in [0, 0.05) is 38.0 Å². The van der Waals surface area contributed by atoms with Crippen molar-refractivity contribution in [2.75, 3.05) is 19.6 Å². The molecular formula is C22H32N4O3. The molecule has 0 aliphatic carbocycles. The molecule has 4 rings (SSSR count). The van der Waals surface area contributed by atoms with Crippen molar-refractivity contribution in [2.45, 2.75) is 69.9 Å². The van der Waals surface area contributed by atoms with Gasteiger partial charge in [0.15, 0.2) is 5.76 Å². The third kappa shape index (κ3) is 6.09. The van der Waals surface area contributed by atoms with Gasteiger partial charge < -0.3 is 19.7 Å². The summed E-state index contributed by atoms with van der Waals surface area (Å²) in [7, 11) is 0. The second-order valence-corrected chi connectivity index (χ2v) is 8.26. The van der Waals surface area contributed by atoms with Crippen LogP contribution in [-0.4, -0.2) is 58.1 Å². The molecule has 0 saturated carbocycles. The highest BCUT2D eigenvalue weighted by Gasteiger charge is 2.30. The summed E-state index contributed by atoms with van der Waals surface area (Å²) >= 11 is 0. The van der Waals surface area contributed by atoms with Gasteiger partial charge in [-0.15, -0.1) is 0 Å². The largest absolute Gasteiger partial charge is 0.390 e. The van der Waals surface area contributed by atoms with Crippen LogP contribution in [0.2, 0.25) is 0 Å². The van der Waals surface area contributed by atoms with Gasteiger partial charge in [-0.05, 0) is 50.4 Å². The molecule has 2 aromatic heterocycles. The first-order valence-electron chi connectivity index (χ1n) is 10.9. The average Bonchev–Trinajstić information content (AvgIpc) is 3.18. The van der Waals surface area contributed by atoms with E-state index in [4.69, 9.17) is 9.26 Å². The average molecular weight is 401 g/mol. The first-order chi connectivity index (χ1) is 14.3. The van der Waals surface area contributed by atoms with E-state index in [2.05, 4.69) is 26.4 Å². The van der Waals surface area contributed by atoms with Crippen LogP contribution in [0.5, 0.6) is 0 Å². The molecule has 0 amide bonds. The predicted octanol–water partition coefficient (Wildman–Crippen LogP) is 2.30. The molecule has 2 N–H and O–H groups in total. The molecule has 7 heteroatoms. The van der Waals surface area contributed by atoms with Crippen LogP contribution >= 0.6 is 0 Å². The minimum absolute atomic E-state index is 0.0662. The second-order valence-electron chi connectivity index (χ2n) is 8.26. The van der Waals surface area contributed by atoms with Gasteiger partial charge in [0.1, 0.15) is 0 Å². The minimum atomic E-state index is -0.431. The summed E-state index contributed by atoms with van der Waals surface area (Å²) in [5.41, 5.74) is 2.07. The summed E-state index contributed by atoms with van der Waals surface area (Å²) in [5.74, 6) is 0.937. The predicted molar refractivity (Wildman–Crippen MR) is 109 cm³/mol. The van der Waals surface area contributed by atoms with Gasteiger partial charge in [-0.1, -0.05) is 17.6 Å². The Balaban J connectivity index is 1.23. The van der Waals surface area contributed by atoms with Gasteiger partial charge in [0.2, 0.25) is 0 Å². The monoisotopic (exact) mass is 400 g/mol. The molecule has 29 heavy (non-hydrogen) atoms. The maximum Gasteiger partial charge on any atom is 0.150 e. The minimum Gasteiger partial charge on any atom is -0.390 e. The van der Waals surface area contributed by atoms with Gasteiger partial charge in [-0.2, -0.15) is 0 Å². The molecule has 0 aromatic carbocycles. The maximum absolute atomic E-state index is 10.3. The number of nitrogens with zero attached hydrogens (tertiary/aromatic N) is 3. The zero-order chi connectivity index (χ0) is 19.9. The SMILES string of the molecule is O[C@H]1CC[C@@H](Cc2cc(CN3CCCCC3)on2)O[C@@H]1CNCc1cccnc1. The van der Waals surface area contributed by atoms with E-state index in [-0.39, 0.29) is 12.2 Å². The number of aliphatic hydroxyl groups is 1. The molecule has 2 fully saturated rings. The Morgan fingerprint density at radius 1 is 1.21 bits per heavy atom. The number of piperidine rings is 1. The fraction of sp³-hybridized carbons (Fsp3) is 0.636. The van der Waals surface area contributed by atoms with E-state index in [9.17, 15) is 5.11 Å². The second kappa shape index (κ2) is 10.3. The van der Waals surface area contributed by atoms with Crippen molar-refractivity contribution in [1.82, 2.24) is 20.4 Å². The third-order valence-electron chi connectivity index (χ3n) is 5.85. The Bertz CT molecular complexity index is 733. The maximum atomic E-state index is 10.3. The van der Waals surface area contributed by atoms with E-state index in [1.807, 2.05) is 18.3 Å². The summed E-state index contributed by atoms with van der Waals surface area (Å²) in [5, 5.41) is 17.9. The number of ether oxygens (including phenoxy) is 1. The normalized spacial score (nSPS) is 25.9. The van der Waals surface area contributed by atoms with E-state index >= 15 is 0 Å². The van der Waals surface area contributed by atoms with E-state index in [1.54, 1.807) is 6.20 Å². The molecule has 158 valence electrons. The number of pyridine rings is 1. The van der Waals surface area contributed by atoms with Gasteiger partial charge >= 0.3 is 0 Å². The lowest BCUT2D eigenvalue weighted by Crippen LogP contribution is -2.45. The van der Waals surface area contributed by atoms with Crippen LogP contribution in [0.15, 0.2) is 35.1 Å². The number of hydrogen-bond donors (Lipinski definition) is 2. The summed E-state index contributed by atoms with van der Waals surface area (Å²) < 4.78 is 11.7. The summed E-state index contributed by atoms with van der Waals surface area (Å²) in [6, 6.07) is 6.03. The molecule has 2 aliphatic heterocycles. The Morgan fingerprint density at radius 2 is 2.10 bits per heavy atom. The smallest absolute Gasteiger partial charge is 0.150 e. The Hall–Kier alpha value is -1.80. The number of nitrogens with one attached hydrogen (secondary N) is 1. The number of rotatable bonds is 8. The van der Waals surface area contributed by atoms with Crippen LogP contribution in [0.1, 0.15) is 49.1 Å².